The Morgan fingerprint density at radius 3 is 2.60 bits per heavy atom. The van der Waals surface area contributed by atoms with Gasteiger partial charge in [-0.3, -0.25) is 9.59 Å². The van der Waals surface area contributed by atoms with Gasteiger partial charge in [-0.05, 0) is 50.0 Å². The molecule has 2 saturated heterocycles. The van der Waals surface area contributed by atoms with Crippen molar-refractivity contribution < 1.29 is 14.7 Å². The van der Waals surface area contributed by atoms with Crippen molar-refractivity contribution >= 4 is 11.9 Å². The van der Waals surface area contributed by atoms with Crippen molar-refractivity contribution in [2.24, 2.45) is 17.8 Å². The van der Waals surface area contributed by atoms with Crippen LogP contribution in [0.3, 0.4) is 0 Å². The Labute approximate surface area is 119 Å². The molecule has 112 valence electrons. The number of aliphatic carboxylic acids is 1. The normalized spacial score (nSPS) is 34.2. The number of carbonyl (C=O) groups is 2. The first kappa shape index (κ1) is 13.9. The molecule has 2 N–H and O–H groups in total. The highest BCUT2D eigenvalue weighted by molar-refractivity contribution is 5.83. The summed E-state index contributed by atoms with van der Waals surface area (Å²) in [7, 11) is 0. The van der Waals surface area contributed by atoms with Gasteiger partial charge < -0.3 is 15.3 Å². The zero-order chi connectivity index (χ0) is 14.1. The van der Waals surface area contributed by atoms with Crippen LogP contribution in [0.1, 0.15) is 38.5 Å². The molecule has 1 saturated carbocycles. The van der Waals surface area contributed by atoms with E-state index in [0.29, 0.717) is 11.8 Å². The molecule has 0 aromatic carbocycles. The molecule has 0 spiro atoms. The fourth-order valence-corrected chi connectivity index (χ4v) is 4.26. The van der Waals surface area contributed by atoms with Gasteiger partial charge in [0.25, 0.3) is 0 Å². The quantitative estimate of drug-likeness (QED) is 0.812. The zero-order valence-electron chi connectivity index (χ0n) is 11.9. The van der Waals surface area contributed by atoms with Crippen LogP contribution in [0, 0.1) is 17.8 Å². The Hall–Kier alpha value is -1.10. The molecule has 0 aromatic heterocycles. The molecule has 3 aliphatic rings. The van der Waals surface area contributed by atoms with E-state index in [1.54, 1.807) is 0 Å². The molecule has 5 nitrogen and oxygen atoms in total. The highest BCUT2D eigenvalue weighted by atomic mass is 16.4. The number of hydrogen-bond acceptors (Lipinski definition) is 3. The number of hydrogen-bond donors (Lipinski definition) is 2. The SMILES string of the molecule is O=C(O)CC1CCN(C(=O)C2NCC3CCCC32)CC1. The number of nitrogens with one attached hydrogen (secondary N) is 1. The van der Waals surface area contributed by atoms with Crippen LogP contribution in [0.15, 0.2) is 0 Å². The van der Waals surface area contributed by atoms with Gasteiger partial charge in [0.1, 0.15) is 0 Å². The van der Waals surface area contributed by atoms with Crippen LogP contribution >= 0.6 is 0 Å². The highest BCUT2D eigenvalue weighted by Crippen LogP contribution is 2.38. The fourth-order valence-electron chi connectivity index (χ4n) is 4.26. The highest BCUT2D eigenvalue weighted by Gasteiger charge is 2.44. The van der Waals surface area contributed by atoms with Gasteiger partial charge >= 0.3 is 5.97 Å². The van der Waals surface area contributed by atoms with Crippen LogP contribution in [0.2, 0.25) is 0 Å². The predicted molar refractivity (Wildman–Crippen MR) is 74.2 cm³/mol. The number of carboxylic acid groups (broad SMARTS) is 1. The second kappa shape index (κ2) is 5.72. The molecule has 2 aliphatic heterocycles. The van der Waals surface area contributed by atoms with Gasteiger partial charge in [-0.1, -0.05) is 6.42 Å². The Bertz CT molecular complexity index is 391. The summed E-state index contributed by atoms with van der Waals surface area (Å²) >= 11 is 0. The third-order valence-electron chi connectivity index (χ3n) is 5.40. The largest absolute Gasteiger partial charge is 0.481 e. The van der Waals surface area contributed by atoms with Gasteiger partial charge in [-0.25, -0.2) is 0 Å². The van der Waals surface area contributed by atoms with E-state index in [2.05, 4.69) is 5.32 Å². The topological polar surface area (TPSA) is 69.6 Å². The molecule has 3 rings (SSSR count). The number of amides is 1. The van der Waals surface area contributed by atoms with Gasteiger partial charge in [0.05, 0.1) is 6.04 Å². The first-order valence-corrected chi connectivity index (χ1v) is 7.89. The third kappa shape index (κ3) is 2.68. The van der Waals surface area contributed by atoms with Crippen molar-refractivity contribution in [3.63, 3.8) is 0 Å². The summed E-state index contributed by atoms with van der Waals surface area (Å²) in [4.78, 5) is 25.3. The van der Waals surface area contributed by atoms with Gasteiger partial charge in [0.2, 0.25) is 5.91 Å². The van der Waals surface area contributed by atoms with E-state index < -0.39 is 5.97 Å². The van der Waals surface area contributed by atoms with Crippen LogP contribution in [-0.2, 0) is 9.59 Å². The molecule has 0 aromatic rings. The Morgan fingerprint density at radius 2 is 1.90 bits per heavy atom. The van der Waals surface area contributed by atoms with E-state index in [1.165, 1.54) is 19.3 Å². The molecule has 0 bridgehead atoms. The number of likely N-dealkylation sites (tertiary alicyclic amines) is 1. The van der Waals surface area contributed by atoms with Crippen molar-refractivity contribution in [3.8, 4) is 0 Å². The molecule has 3 unspecified atom stereocenters. The first-order valence-electron chi connectivity index (χ1n) is 7.89. The summed E-state index contributed by atoms with van der Waals surface area (Å²) in [5, 5.41) is 12.2. The van der Waals surface area contributed by atoms with Crippen molar-refractivity contribution in [3.05, 3.63) is 0 Å². The van der Waals surface area contributed by atoms with E-state index in [1.807, 2.05) is 4.90 Å². The predicted octanol–water partition coefficient (Wildman–Crippen LogP) is 1.09. The van der Waals surface area contributed by atoms with E-state index in [-0.39, 0.29) is 24.3 Å². The van der Waals surface area contributed by atoms with E-state index in [0.717, 1.165) is 32.5 Å². The van der Waals surface area contributed by atoms with Gasteiger partial charge in [0.15, 0.2) is 0 Å². The summed E-state index contributed by atoms with van der Waals surface area (Å²) in [5.74, 6) is 1.02. The molecule has 2 heterocycles. The minimum Gasteiger partial charge on any atom is -0.481 e. The number of carbonyl (C=O) groups excluding carboxylic acids is 1. The lowest BCUT2D eigenvalue weighted by Gasteiger charge is -2.34. The minimum absolute atomic E-state index is 0.0264. The molecule has 20 heavy (non-hydrogen) atoms. The van der Waals surface area contributed by atoms with Crippen molar-refractivity contribution in [1.82, 2.24) is 10.2 Å². The summed E-state index contributed by atoms with van der Waals surface area (Å²) in [6.45, 7) is 2.45. The Kier molecular flexibility index (Phi) is 3.96. The van der Waals surface area contributed by atoms with Crippen LogP contribution in [0.4, 0.5) is 0 Å². The van der Waals surface area contributed by atoms with Crippen molar-refractivity contribution in [1.29, 1.82) is 0 Å². The average Bonchev–Trinajstić information content (AvgIpc) is 3.00. The molecule has 0 radical (unpaired) electrons. The zero-order valence-corrected chi connectivity index (χ0v) is 11.9. The fraction of sp³-hybridized carbons (Fsp3) is 0.867. The van der Waals surface area contributed by atoms with Gasteiger partial charge in [-0.15, -0.1) is 0 Å². The maximum absolute atomic E-state index is 12.6. The monoisotopic (exact) mass is 280 g/mol. The molecule has 1 amide bonds. The summed E-state index contributed by atoms with van der Waals surface area (Å²) < 4.78 is 0. The van der Waals surface area contributed by atoms with E-state index in [9.17, 15) is 9.59 Å². The number of carboxylic acids is 1. The first-order chi connectivity index (χ1) is 9.65. The summed E-state index contributed by atoms with van der Waals surface area (Å²) in [6, 6.07) is 0.0264. The van der Waals surface area contributed by atoms with Crippen LogP contribution < -0.4 is 5.32 Å². The van der Waals surface area contributed by atoms with Crippen LogP contribution in [0.5, 0.6) is 0 Å². The maximum atomic E-state index is 12.6. The molecular weight excluding hydrogens is 256 g/mol. The number of rotatable bonds is 3. The third-order valence-corrected chi connectivity index (χ3v) is 5.40. The van der Waals surface area contributed by atoms with Gasteiger partial charge in [0, 0.05) is 19.5 Å². The van der Waals surface area contributed by atoms with Gasteiger partial charge in [-0.2, -0.15) is 0 Å². The smallest absolute Gasteiger partial charge is 0.303 e. The number of fused-ring (bicyclic) bond motifs is 1. The van der Waals surface area contributed by atoms with Crippen LogP contribution in [0.25, 0.3) is 0 Å². The number of piperidine rings is 1. The minimum atomic E-state index is -0.721. The molecule has 3 atom stereocenters. The lowest BCUT2D eigenvalue weighted by atomic mass is 9.90. The second-order valence-electron chi connectivity index (χ2n) is 6.61. The summed E-state index contributed by atoms with van der Waals surface area (Å²) in [5.41, 5.74) is 0. The lowest BCUT2D eigenvalue weighted by Crippen LogP contribution is -2.49. The average molecular weight is 280 g/mol. The maximum Gasteiger partial charge on any atom is 0.303 e. The molecule has 1 aliphatic carbocycles. The Balaban J connectivity index is 1.53. The Morgan fingerprint density at radius 1 is 1.15 bits per heavy atom. The standard InChI is InChI=1S/C15H24N2O3/c18-13(19)8-10-4-6-17(7-5-10)15(20)14-12-3-1-2-11(12)9-16-14/h10-12,14,16H,1-9H2,(H,18,19). The second-order valence-corrected chi connectivity index (χ2v) is 6.61. The van der Waals surface area contributed by atoms with Crippen LogP contribution in [-0.4, -0.2) is 47.6 Å². The van der Waals surface area contributed by atoms with E-state index in [4.69, 9.17) is 5.11 Å². The summed E-state index contributed by atoms with van der Waals surface area (Å²) in [6.07, 6.45) is 5.62. The molecule has 5 heteroatoms. The lowest BCUT2D eigenvalue weighted by molar-refractivity contribution is -0.139. The number of nitrogens with zero attached hydrogens (tertiary/aromatic N) is 1. The van der Waals surface area contributed by atoms with Crippen molar-refractivity contribution in [2.75, 3.05) is 19.6 Å². The molecule has 3 fully saturated rings. The molecular formula is C15H24N2O3. The van der Waals surface area contributed by atoms with Crippen molar-refractivity contribution in [2.45, 2.75) is 44.6 Å². The van der Waals surface area contributed by atoms with E-state index >= 15 is 0 Å².